The lowest BCUT2D eigenvalue weighted by Crippen LogP contribution is -2.49. The van der Waals surface area contributed by atoms with E-state index in [4.69, 9.17) is 16.3 Å². The Morgan fingerprint density at radius 2 is 1.65 bits per heavy atom. The van der Waals surface area contributed by atoms with E-state index in [2.05, 4.69) is 9.88 Å². The second-order valence-corrected chi connectivity index (χ2v) is 11.3. The van der Waals surface area contributed by atoms with Gasteiger partial charge in [-0.2, -0.15) is 17.5 Å². The Balaban J connectivity index is 1.41. The maximum atomic E-state index is 13.0. The first-order valence-electron chi connectivity index (χ1n) is 11.7. The van der Waals surface area contributed by atoms with Gasteiger partial charge in [-0.25, -0.2) is 13.4 Å². The van der Waals surface area contributed by atoms with Crippen LogP contribution in [-0.2, 0) is 34.6 Å². The molecule has 4 rings (SSSR count). The fourth-order valence-electron chi connectivity index (χ4n) is 4.09. The van der Waals surface area contributed by atoms with Crippen LogP contribution >= 0.6 is 11.6 Å². The van der Waals surface area contributed by atoms with Crippen LogP contribution in [0.3, 0.4) is 0 Å². The average molecular weight is 557 g/mol. The number of rotatable bonds is 8. The molecule has 37 heavy (non-hydrogen) atoms. The molecule has 7 nitrogen and oxygen atoms in total. The van der Waals surface area contributed by atoms with Gasteiger partial charge in [0.15, 0.2) is 5.03 Å². The molecular formula is C25H28ClF3N4O3S. The van der Waals surface area contributed by atoms with Crippen LogP contribution in [0.2, 0.25) is 5.02 Å². The van der Waals surface area contributed by atoms with E-state index in [1.807, 2.05) is 12.1 Å². The van der Waals surface area contributed by atoms with E-state index >= 15 is 0 Å². The Morgan fingerprint density at radius 3 is 2.19 bits per heavy atom. The van der Waals surface area contributed by atoms with Gasteiger partial charge in [-0.05, 0) is 42.3 Å². The topological polar surface area (TPSA) is 67.7 Å². The van der Waals surface area contributed by atoms with Crippen LogP contribution in [0, 0.1) is 6.92 Å². The van der Waals surface area contributed by atoms with Crippen molar-refractivity contribution >= 4 is 21.6 Å². The van der Waals surface area contributed by atoms with Crippen LogP contribution in [0.4, 0.5) is 13.2 Å². The number of aryl methyl sites for hydroxylation is 2. The third-order valence-electron chi connectivity index (χ3n) is 6.42. The van der Waals surface area contributed by atoms with Crippen molar-refractivity contribution in [2.75, 3.05) is 32.7 Å². The highest BCUT2D eigenvalue weighted by atomic mass is 35.5. The minimum Gasteiger partial charge on any atom is -0.368 e. The van der Waals surface area contributed by atoms with Gasteiger partial charge >= 0.3 is 6.18 Å². The van der Waals surface area contributed by atoms with Crippen molar-refractivity contribution < 1.29 is 26.3 Å². The number of alkyl halides is 3. The zero-order valence-corrected chi connectivity index (χ0v) is 22.0. The molecule has 12 heteroatoms. The summed E-state index contributed by atoms with van der Waals surface area (Å²) < 4.78 is 73.9. The molecule has 2 aromatic carbocycles. The molecule has 1 aromatic heterocycles. The van der Waals surface area contributed by atoms with Crippen molar-refractivity contribution in [2.45, 2.75) is 30.8 Å². The summed E-state index contributed by atoms with van der Waals surface area (Å²) in [5.74, 6) is 0.619. The van der Waals surface area contributed by atoms with Crippen molar-refractivity contribution in [3.05, 3.63) is 82.3 Å². The van der Waals surface area contributed by atoms with Gasteiger partial charge in [-0.1, -0.05) is 35.9 Å². The van der Waals surface area contributed by atoms with E-state index in [1.54, 1.807) is 30.7 Å². The molecule has 1 aliphatic heterocycles. The smallest absolute Gasteiger partial charge is 0.368 e. The molecule has 1 atom stereocenters. The summed E-state index contributed by atoms with van der Waals surface area (Å²) in [4.78, 5) is 6.28. The predicted octanol–water partition coefficient (Wildman–Crippen LogP) is 4.67. The third-order valence-corrected chi connectivity index (χ3v) is 8.44. The first kappa shape index (κ1) is 27.6. The lowest BCUT2D eigenvalue weighted by atomic mass is 10.1. The zero-order chi connectivity index (χ0) is 26.8. The maximum Gasteiger partial charge on any atom is 0.416 e. The Hall–Kier alpha value is -2.44. The number of ether oxygens (including phenoxy) is 1. The number of sulfonamides is 1. The number of benzene rings is 2. The Bertz CT molecular complexity index is 1280. The normalized spacial score (nSPS) is 16.7. The van der Waals surface area contributed by atoms with E-state index in [0.717, 1.165) is 17.7 Å². The molecule has 200 valence electrons. The van der Waals surface area contributed by atoms with Gasteiger partial charge in [0.1, 0.15) is 5.82 Å². The largest absolute Gasteiger partial charge is 0.416 e. The number of piperazine rings is 1. The summed E-state index contributed by atoms with van der Waals surface area (Å²) in [6, 6.07) is 12.1. The first-order chi connectivity index (χ1) is 17.4. The summed E-state index contributed by atoms with van der Waals surface area (Å²) in [6.07, 6.45) is -3.26. The van der Waals surface area contributed by atoms with E-state index in [1.165, 1.54) is 22.6 Å². The van der Waals surface area contributed by atoms with Gasteiger partial charge in [-0.15, -0.1) is 0 Å². The molecule has 0 N–H and O–H groups in total. The molecule has 0 amide bonds. The van der Waals surface area contributed by atoms with Crippen molar-refractivity contribution in [2.24, 2.45) is 7.05 Å². The number of halogens is 4. The molecule has 1 aliphatic rings. The molecule has 1 fully saturated rings. The second-order valence-electron chi connectivity index (χ2n) is 8.99. The average Bonchev–Trinajstić information content (AvgIpc) is 3.21. The summed E-state index contributed by atoms with van der Waals surface area (Å²) >= 11 is 6.04. The number of hydrogen-bond acceptors (Lipinski definition) is 5. The van der Waals surface area contributed by atoms with E-state index < -0.39 is 21.8 Å². The second kappa shape index (κ2) is 11.1. The Labute approximate surface area is 219 Å². The fraction of sp³-hybridized carbons (Fsp3) is 0.400. The lowest BCUT2D eigenvalue weighted by Gasteiger charge is -2.35. The van der Waals surface area contributed by atoms with Gasteiger partial charge in [-0.3, -0.25) is 4.90 Å². The molecule has 0 aliphatic carbocycles. The highest BCUT2D eigenvalue weighted by molar-refractivity contribution is 7.89. The molecule has 0 spiro atoms. The number of imidazole rings is 1. The summed E-state index contributed by atoms with van der Waals surface area (Å²) in [5, 5.41) is 0.619. The molecule has 3 aromatic rings. The van der Waals surface area contributed by atoms with Crippen molar-refractivity contribution in [1.29, 1.82) is 0 Å². The maximum absolute atomic E-state index is 13.0. The Kier molecular flexibility index (Phi) is 8.29. The molecule has 0 saturated carbocycles. The van der Waals surface area contributed by atoms with Crippen LogP contribution in [-0.4, -0.2) is 59.9 Å². The molecule has 1 unspecified atom stereocenters. The molecule has 2 heterocycles. The standard InChI is InChI=1S/C25H28ClF3N4O3S/c1-18-30-24(16-31(18)2)37(34,35)33-13-11-32(12-14-33)15-23(20-5-9-22(26)10-6-20)36-17-19-3-7-21(8-4-19)25(27,28)29/h3-10,16,23H,11-15,17H2,1-2H3. The lowest BCUT2D eigenvalue weighted by molar-refractivity contribution is -0.137. The van der Waals surface area contributed by atoms with Crippen molar-refractivity contribution in [3.63, 3.8) is 0 Å². The van der Waals surface area contributed by atoms with Crippen molar-refractivity contribution in [3.8, 4) is 0 Å². The van der Waals surface area contributed by atoms with Crippen LogP contribution < -0.4 is 0 Å². The van der Waals surface area contributed by atoms with Gasteiger partial charge in [0.05, 0.1) is 18.3 Å². The molecular weight excluding hydrogens is 529 g/mol. The van der Waals surface area contributed by atoms with Crippen LogP contribution in [0.25, 0.3) is 0 Å². The van der Waals surface area contributed by atoms with Crippen LogP contribution in [0.5, 0.6) is 0 Å². The molecule has 0 radical (unpaired) electrons. The summed E-state index contributed by atoms with van der Waals surface area (Å²) in [5.41, 5.74) is 0.781. The molecule has 1 saturated heterocycles. The number of nitrogens with zero attached hydrogens (tertiary/aromatic N) is 4. The van der Waals surface area contributed by atoms with Gasteiger partial charge in [0, 0.05) is 51.0 Å². The minimum atomic E-state index is -4.39. The van der Waals surface area contributed by atoms with E-state index in [0.29, 0.717) is 49.1 Å². The highest BCUT2D eigenvalue weighted by Crippen LogP contribution is 2.30. The fourth-order valence-corrected chi connectivity index (χ4v) is 5.66. The van der Waals surface area contributed by atoms with Crippen molar-refractivity contribution in [1.82, 2.24) is 18.8 Å². The van der Waals surface area contributed by atoms with Gasteiger partial charge in [0.2, 0.25) is 0 Å². The predicted molar refractivity (Wildman–Crippen MR) is 134 cm³/mol. The Morgan fingerprint density at radius 1 is 1.03 bits per heavy atom. The number of hydrogen-bond donors (Lipinski definition) is 0. The number of aromatic nitrogens is 2. The quantitative estimate of drug-likeness (QED) is 0.403. The van der Waals surface area contributed by atoms with E-state index in [-0.39, 0.29) is 17.7 Å². The first-order valence-corrected chi connectivity index (χ1v) is 13.5. The molecule has 0 bridgehead atoms. The monoisotopic (exact) mass is 556 g/mol. The highest BCUT2D eigenvalue weighted by Gasteiger charge is 2.32. The summed E-state index contributed by atoms with van der Waals surface area (Å²) in [6.45, 7) is 3.97. The van der Waals surface area contributed by atoms with Crippen LogP contribution in [0.15, 0.2) is 59.8 Å². The van der Waals surface area contributed by atoms with Crippen LogP contribution in [0.1, 0.15) is 28.6 Å². The third kappa shape index (κ3) is 6.71. The van der Waals surface area contributed by atoms with E-state index in [9.17, 15) is 21.6 Å². The zero-order valence-electron chi connectivity index (χ0n) is 20.4. The SMILES string of the molecule is Cc1nc(S(=O)(=O)N2CCN(CC(OCc3ccc(C(F)(F)F)cc3)c3ccc(Cl)cc3)CC2)cn1C. The van der Waals surface area contributed by atoms with Gasteiger partial charge < -0.3 is 9.30 Å². The minimum absolute atomic E-state index is 0.0415. The van der Waals surface area contributed by atoms with Gasteiger partial charge in [0.25, 0.3) is 10.0 Å². The summed E-state index contributed by atoms with van der Waals surface area (Å²) in [7, 11) is -1.93.